The number of ether oxygens (including phenoxy) is 1. The average Bonchev–Trinajstić information content (AvgIpc) is 3.63. The van der Waals surface area contributed by atoms with Gasteiger partial charge in [0.25, 0.3) is 0 Å². The van der Waals surface area contributed by atoms with Crippen LogP contribution in [0.25, 0.3) is 12.2 Å². The molecule has 11 heteroatoms. The summed E-state index contributed by atoms with van der Waals surface area (Å²) in [5, 5.41) is 8.42. The minimum Gasteiger partial charge on any atom is -0.487 e. The van der Waals surface area contributed by atoms with Gasteiger partial charge in [-0.15, -0.1) is 5.10 Å². The number of hydrogen-bond donors (Lipinski definition) is 0. The van der Waals surface area contributed by atoms with Crippen LogP contribution in [0.15, 0.2) is 65.4 Å². The van der Waals surface area contributed by atoms with Crippen LogP contribution in [0.1, 0.15) is 46.8 Å². The lowest BCUT2D eigenvalue weighted by atomic mass is 10.1. The number of aryl methyl sites for hydroxylation is 2. The third-order valence-corrected chi connectivity index (χ3v) is 7.75. The molecule has 41 heavy (non-hydrogen) atoms. The Balaban J connectivity index is 1.02. The van der Waals surface area contributed by atoms with Crippen LogP contribution >= 0.6 is 11.8 Å². The monoisotopic (exact) mass is 583 g/mol. The van der Waals surface area contributed by atoms with Gasteiger partial charge in [0, 0.05) is 43.8 Å². The Bertz CT molecular complexity index is 1390. The lowest BCUT2D eigenvalue weighted by molar-refractivity contribution is -0.137. The molecule has 2 aromatic carbocycles. The van der Waals surface area contributed by atoms with Gasteiger partial charge < -0.3 is 9.15 Å². The first kappa shape index (κ1) is 28.9. The summed E-state index contributed by atoms with van der Waals surface area (Å²) < 4.78 is 51.4. The molecule has 0 aliphatic carbocycles. The maximum Gasteiger partial charge on any atom is 0.416 e. The van der Waals surface area contributed by atoms with Gasteiger partial charge in [-0.2, -0.15) is 24.9 Å². The van der Waals surface area contributed by atoms with Crippen molar-refractivity contribution in [2.24, 2.45) is 0 Å². The van der Waals surface area contributed by atoms with E-state index in [4.69, 9.17) is 9.15 Å². The van der Waals surface area contributed by atoms with E-state index in [0.717, 1.165) is 63.3 Å². The minimum atomic E-state index is -4.35. The fourth-order valence-corrected chi connectivity index (χ4v) is 5.47. The number of nitrogens with zero attached hydrogens (tertiary/aromatic N) is 5. The summed E-state index contributed by atoms with van der Waals surface area (Å²) in [5.74, 6) is 3.48. The number of aromatic nitrogens is 4. The van der Waals surface area contributed by atoms with E-state index in [9.17, 15) is 13.2 Å². The van der Waals surface area contributed by atoms with Crippen molar-refractivity contribution in [2.45, 2.75) is 45.1 Å². The van der Waals surface area contributed by atoms with Crippen molar-refractivity contribution in [2.75, 3.05) is 24.6 Å². The van der Waals surface area contributed by atoms with Gasteiger partial charge in [-0.25, -0.2) is 9.67 Å². The Hall–Kier alpha value is -3.57. The van der Waals surface area contributed by atoms with Crippen molar-refractivity contribution in [3.63, 3.8) is 0 Å². The highest BCUT2D eigenvalue weighted by molar-refractivity contribution is 7.99. The quantitative estimate of drug-likeness (QED) is 0.174. The second kappa shape index (κ2) is 13.9. The molecule has 216 valence electrons. The Morgan fingerprint density at radius 1 is 0.976 bits per heavy atom. The third-order valence-electron chi connectivity index (χ3n) is 6.81. The molecule has 7 nitrogen and oxygen atoms in total. The Labute approximate surface area is 241 Å². The molecule has 0 radical (unpaired) electrons. The maximum atomic E-state index is 12.7. The molecule has 0 N–H and O–H groups in total. The molecule has 1 fully saturated rings. The van der Waals surface area contributed by atoms with Crippen LogP contribution in [0, 0.1) is 0 Å². The SMILES string of the molecule is FC(F)(F)c1ccc(/C=C/c2nc(COc3ccc(CCCCn4nncc4CN4CCSCC4)cc3)co2)cc1. The second-order valence-electron chi connectivity index (χ2n) is 9.86. The Morgan fingerprint density at radius 3 is 2.51 bits per heavy atom. The van der Waals surface area contributed by atoms with E-state index in [-0.39, 0.29) is 6.61 Å². The predicted molar refractivity (Wildman–Crippen MR) is 153 cm³/mol. The lowest BCUT2D eigenvalue weighted by Gasteiger charge is -2.25. The summed E-state index contributed by atoms with van der Waals surface area (Å²) in [6.07, 6.45) is 5.37. The van der Waals surface area contributed by atoms with Crippen LogP contribution in [0.2, 0.25) is 0 Å². The highest BCUT2D eigenvalue weighted by atomic mass is 32.2. The summed E-state index contributed by atoms with van der Waals surface area (Å²) in [6.45, 7) is 4.29. The molecule has 0 unspecified atom stereocenters. The van der Waals surface area contributed by atoms with Crippen molar-refractivity contribution < 1.29 is 22.3 Å². The van der Waals surface area contributed by atoms with Crippen LogP contribution < -0.4 is 4.74 Å². The van der Waals surface area contributed by atoms with E-state index in [1.807, 2.05) is 34.8 Å². The zero-order valence-corrected chi connectivity index (χ0v) is 23.4. The zero-order valence-electron chi connectivity index (χ0n) is 22.6. The molecule has 0 spiro atoms. The van der Waals surface area contributed by atoms with Crippen molar-refractivity contribution >= 4 is 23.9 Å². The summed E-state index contributed by atoms with van der Waals surface area (Å²) in [7, 11) is 0. The number of oxazole rings is 1. The standard InChI is InChI=1S/C30H32F3N5O2S/c31-30(32,33)25-9-4-24(5-10-25)8-13-29-35-26(22-40-29)21-39-28-11-6-23(7-12-28)3-1-2-14-38-27(19-34-36-38)20-37-15-17-41-18-16-37/h4-13,19,22H,1-3,14-18,20-21H2/b13-8+. The zero-order chi connectivity index (χ0) is 28.5. The van der Waals surface area contributed by atoms with Gasteiger partial charge in [0.2, 0.25) is 5.89 Å². The summed E-state index contributed by atoms with van der Waals surface area (Å²) in [6, 6.07) is 13.0. The molecule has 4 aromatic rings. The summed E-state index contributed by atoms with van der Waals surface area (Å²) >= 11 is 2.02. The summed E-state index contributed by atoms with van der Waals surface area (Å²) in [4.78, 5) is 6.82. The predicted octanol–water partition coefficient (Wildman–Crippen LogP) is 6.61. The highest BCUT2D eigenvalue weighted by Gasteiger charge is 2.29. The first-order chi connectivity index (χ1) is 19.9. The van der Waals surface area contributed by atoms with Crippen LogP contribution in [-0.4, -0.2) is 49.5 Å². The van der Waals surface area contributed by atoms with E-state index in [2.05, 4.69) is 32.3 Å². The fraction of sp³-hybridized carbons (Fsp3) is 0.367. The number of hydrogen-bond acceptors (Lipinski definition) is 7. The van der Waals surface area contributed by atoms with Gasteiger partial charge in [-0.05, 0) is 60.7 Å². The number of thioether (sulfide) groups is 1. The van der Waals surface area contributed by atoms with Crippen molar-refractivity contribution in [1.82, 2.24) is 24.9 Å². The largest absolute Gasteiger partial charge is 0.487 e. The molecule has 1 saturated heterocycles. The Morgan fingerprint density at radius 2 is 1.76 bits per heavy atom. The molecule has 5 rings (SSSR count). The highest BCUT2D eigenvalue weighted by Crippen LogP contribution is 2.29. The average molecular weight is 584 g/mol. The number of rotatable bonds is 12. The van der Waals surface area contributed by atoms with E-state index in [1.165, 1.54) is 41.2 Å². The smallest absolute Gasteiger partial charge is 0.416 e. The van der Waals surface area contributed by atoms with Crippen molar-refractivity contribution in [1.29, 1.82) is 0 Å². The van der Waals surface area contributed by atoms with Crippen molar-refractivity contribution in [3.05, 3.63) is 95.0 Å². The number of alkyl halides is 3. The lowest BCUT2D eigenvalue weighted by Crippen LogP contribution is -2.32. The normalized spacial score (nSPS) is 14.6. The van der Waals surface area contributed by atoms with E-state index in [0.29, 0.717) is 17.1 Å². The molecule has 0 atom stereocenters. The number of halogens is 3. The number of benzene rings is 2. The van der Waals surface area contributed by atoms with Crippen LogP contribution in [-0.2, 0) is 32.3 Å². The second-order valence-corrected chi connectivity index (χ2v) is 11.1. The van der Waals surface area contributed by atoms with Gasteiger partial charge in [0.15, 0.2) is 0 Å². The molecule has 2 aromatic heterocycles. The molecular formula is C30H32F3N5O2S. The van der Waals surface area contributed by atoms with E-state index >= 15 is 0 Å². The summed E-state index contributed by atoms with van der Waals surface area (Å²) in [5.41, 5.74) is 2.99. The van der Waals surface area contributed by atoms with Crippen molar-refractivity contribution in [3.8, 4) is 5.75 Å². The van der Waals surface area contributed by atoms with Gasteiger partial charge in [0.05, 0.1) is 17.5 Å². The van der Waals surface area contributed by atoms with Gasteiger partial charge >= 0.3 is 6.18 Å². The molecule has 3 heterocycles. The first-order valence-corrected chi connectivity index (χ1v) is 14.8. The minimum absolute atomic E-state index is 0.244. The molecule has 1 aliphatic heterocycles. The van der Waals surface area contributed by atoms with E-state index < -0.39 is 11.7 Å². The van der Waals surface area contributed by atoms with E-state index in [1.54, 1.807) is 12.2 Å². The van der Waals surface area contributed by atoms with Gasteiger partial charge in [0.1, 0.15) is 24.3 Å². The number of unbranched alkanes of at least 4 members (excludes halogenated alkanes) is 1. The molecule has 1 aliphatic rings. The fourth-order valence-electron chi connectivity index (χ4n) is 4.49. The topological polar surface area (TPSA) is 69.2 Å². The molecule has 0 amide bonds. The van der Waals surface area contributed by atoms with Gasteiger partial charge in [-0.3, -0.25) is 4.90 Å². The van der Waals surface area contributed by atoms with Crippen LogP contribution in [0.5, 0.6) is 5.75 Å². The van der Waals surface area contributed by atoms with Crippen LogP contribution in [0.3, 0.4) is 0 Å². The maximum absolute atomic E-state index is 12.7. The first-order valence-electron chi connectivity index (χ1n) is 13.6. The molecular weight excluding hydrogens is 551 g/mol. The van der Waals surface area contributed by atoms with Gasteiger partial charge in [-0.1, -0.05) is 29.5 Å². The van der Waals surface area contributed by atoms with Crippen LogP contribution in [0.4, 0.5) is 13.2 Å². The third kappa shape index (κ3) is 8.71. The molecule has 0 bridgehead atoms. The molecule has 0 saturated carbocycles. The Kier molecular flexibility index (Phi) is 9.79.